The number of epoxide rings is 1. The van der Waals surface area contributed by atoms with E-state index in [1.165, 1.54) is 20.8 Å². The molecule has 0 amide bonds. The van der Waals surface area contributed by atoms with Gasteiger partial charge in [0.15, 0.2) is 0 Å². The molecule has 7 nitrogen and oxygen atoms in total. The van der Waals surface area contributed by atoms with Crippen LogP contribution in [0.4, 0.5) is 0 Å². The largest absolute Gasteiger partial charge is 0.705 e. The van der Waals surface area contributed by atoms with Gasteiger partial charge in [-0.25, -0.2) is 0 Å². The third-order valence-corrected chi connectivity index (χ3v) is 6.63. The van der Waals surface area contributed by atoms with Crippen LogP contribution >= 0.6 is 0 Å². The Morgan fingerprint density at radius 1 is 1.05 bits per heavy atom. The van der Waals surface area contributed by atoms with Gasteiger partial charge in [-0.15, -0.1) is 0 Å². The van der Waals surface area contributed by atoms with E-state index in [0.717, 1.165) is 25.7 Å². The molecule has 2 unspecified atom stereocenters. The summed E-state index contributed by atoms with van der Waals surface area (Å²) in [5, 5.41) is 0. The number of hydrogen-bond acceptors (Lipinski definition) is 7. The lowest BCUT2D eigenvalue weighted by Crippen LogP contribution is -2.50. The van der Waals surface area contributed by atoms with Crippen LogP contribution in [0, 0.1) is 0 Å². The summed E-state index contributed by atoms with van der Waals surface area (Å²) in [5.41, 5.74) is -0.225. The highest BCUT2D eigenvalue weighted by molar-refractivity contribution is 6.65. The summed E-state index contributed by atoms with van der Waals surface area (Å²) in [5.74, 6) is -1.91. The molecule has 0 aromatic heterocycles. The maximum atomic E-state index is 11.4. The first-order valence-corrected chi connectivity index (χ1v) is 9.47. The van der Waals surface area contributed by atoms with Crippen LogP contribution in [0.15, 0.2) is 0 Å². The highest BCUT2D eigenvalue weighted by atomic mass is 28.4. The number of hydrogen-bond donors (Lipinski definition) is 0. The van der Waals surface area contributed by atoms with Gasteiger partial charge in [0.05, 0.1) is 17.7 Å². The van der Waals surface area contributed by atoms with Gasteiger partial charge < -0.3 is 18.0 Å². The van der Waals surface area contributed by atoms with E-state index < -0.39 is 26.7 Å². The second kappa shape index (κ2) is 6.37. The van der Waals surface area contributed by atoms with Gasteiger partial charge in [0.25, 0.3) is 17.9 Å². The highest BCUT2D eigenvalue weighted by Gasteiger charge is 2.61. The van der Waals surface area contributed by atoms with Crippen molar-refractivity contribution in [2.24, 2.45) is 0 Å². The number of carbonyl (C=O) groups is 3. The number of fused-ring (bicyclic) bond motifs is 1. The Balaban J connectivity index is 2.09. The van der Waals surface area contributed by atoms with Crippen LogP contribution in [0.3, 0.4) is 0 Å². The van der Waals surface area contributed by atoms with Gasteiger partial charge in [0, 0.05) is 20.8 Å². The lowest BCUT2D eigenvalue weighted by Gasteiger charge is -2.27. The zero-order chi connectivity index (χ0) is 16.4. The Labute approximate surface area is 130 Å². The van der Waals surface area contributed by atoms with Crippen LogP contribution in [0.2, 0.25) is 6.04 Å². The van der Waals surface area contributed by atoms with Crippen molar-refractivity contribution in [1.82, 2.24) is 0 Å². The molecule has 0 N–H and O–H groups in total. The van der Waals surface area contributed by atoms with Crippen molar-refractivity contribution in [3.63, 3.8) is 0 Å². The van der Waals surface area contributed by atoms with Gasteiger partial charge in [0.1, 0.15) is 0 Å². The van der Waals surface area contributed by atoms with Crippen molar-refractivity contribution in [3.05, 3.63) is 0 Å². The van der Waals surface area contributed by atoms with Crippen LogP contribution in [-0.4, -0.2) is 38.4 Å². The summed E-state index contributed by atoms with van der Waals surface area (Å²) in [6.45, 7) is 3.60. The van der Waals surface area contributed by atoms with Crippen LogP contribution in [-0.2, 0) is 32.4 Å². The normalized spacial score (nSPS) is 26.6. The smallest absolute Gasteiger partial charge is 0.455 e. The maximum Gasteiger partial charge on any atom is 0.705 e. The van der Waals surface area contributed by atoms with Crippen LogP contribution in [0.25, 0.3) is 0 Å². The Bertz CT molecular complexity index is 437. The zero-order valence-electron chi connectivity index (χ0n) is 13.2. The summed E-state index contributed by atoms with van der Waals surface area (Å²) in [4.78, 5) is 34.1. The fourth-order valence-electron chi connectivity index (χ4n) is 3.13. The van der Waals surface area contributed by atoms with E-state index in [4.69, 9.17) is 18.0 Å². The number of rotatable bonds is 6. The SMILES string of the molecule is CC(=O)O[Si](CCC12CCCCC1O2)(OC(C)=O)OC(C)=O. The third kappa shape index (κ3) is 4.07. The molecule has 2 aliphatic rings. The van der Waals surface area contributed by atoms with Crippen LogP contribution in [0.5, 0.6) is 0 Å². The molecule has 2 rings (SSSR count). The van der Waals surface area contributed by atoms with Crippen molar-refractivity contribution in [3.8, 4) is 0 Å². The standard InChI is InChI=1S/C14H22O7Si/c1-10(15)19-22(20-11(2)16,21-12(3)17)9-8-14-7-5-4-6-13(14)18-14/h13H,4-9H2,1-3H3. The number of carbonyl (C=O) groups excluding carboxylic acids is 3. The van der Waals surface area contributed by atoms with Crippen molar-refractivity contribution < 1.29 is 32.4 Å². The monoisotopic (exact) mass is 330 g/mol. The van der Waals surface area contributed by atoms with Crippen LogP contribution in [0.1, 0.15) is 52.9 Å². The lowest BCUT2D eigenvalue weighted by molar-refractivity contribution is -0.147. The van der Waals surface area contributed by atoms with Crippen molar-refractivity contribution >= 4 is 26.7 Å². The van der Waals surface area contributed by atoms with Gasteiger partial charge in [0.2, 0.25) is 0 Å². The molecular formula is C14H22O7Si. The minimum atomic E-state index is -3.72. The molecule has 1 heterocycles. The zero-order valence-corrected chi connectivity index (χ0v) is 14.2. The second-order valence-corrected chi connectivity index (χ2v) is 8.36. The molecule has 1 saturated carbocycles. The molecule has 8 heteroatoms. The molecule has 2 fully saturated rings. The molecule has 1 aliphatic heterocycles. The van der Waals surface area contributed by atoms with E-state index in [-0.39, 0.29) is 17.7 Å². The molecule has 1 saturated heterocycles. The second-order valence-electron chi connectivity index (χ2n) is 5.88. The predicted octanol–water partition coefficient (Wildman–Crippen LogP) is 1.72. The first kappa shape index (κ1) is 16.9. The Morgan fingerprint density at radius 2 is 1.59 bits per heavy atom. The van der Waals surface area contributed by atoms with E-state index in [1.54, 1.807) is 0 Å². The molecule has 0 radical (unpaired) electrons. The molecular weight excluding hydrogens is 308 g/mol. The Morgan fingerprint density at radius 3 is 2.05 bits per heavy atom. The van der Waals surface area contributed by atoms with Gasteiger partial charge in [-0.3, -0.25) is 14.4 Å². The van der Waals surface area contributed by atoms with Gasteiger partial charge in [-0.2, -0.15) is 0 Å². The fraction of sp³-hybridized carbons (Fsp3) is 0.786. The highest BCUT2D eigenvalue weighted by Crippen LogP contribution is 2.51. The van der Waals surface area contributed by atoms with E-state index in [0.29, 0.717) is 6.42 Å². The van der Waals surface area contributed by atoms with Gasteiger partial charge in [-0.1, -0.05) is 12.8 Å². The van der Waals surface area contributed by atoms with Crippen molar-refractivity contribution in [2.45, 2.75) is 70.6 Å². The molecule has 2 atom stereocenters. The lowest BCUT2D eigenvalue weighted by atomic mass is 9.87. The van der Waals surface area contributed by atoms with Crippen molar-refractivity contribution in [2.75, 3.05) is 0 Å². The molecule has 1 aliphatic carbocycles. The minimum Gasteiger partial charge on any atom is -0.455 e. The molecule has 0 bridgehead atoms. The first-order valence-electron chi connectivity index (χ1n) is 7.53. The summed E-state index contributed by atoms with van der Waals surface area (Å²) >= 11 is 0. The topological polar surface area (TPSA) is 91.4 Å². The van der Waals surface area contributed by atoms with E-state index in [2.05, 4.69) is 0 Å². The Hall–Kier alpha value is -1.41. The molecule has 124 valence electrons. The average Bonchev–Trinajstić information content (AvgIpc) is 3.08. The first-order chi connectivity index (χ1) is 10.3. The molecule has 0 aromatic rings. The summed E-state index contributed by atoms with van der Waals surface area (Å²) < 4.78 is 21.3. The molecule has 0 spiro atoms. The van der Waals surface area contributed by atoms with E-state index >= 15 is 0 Å². The average molecular weight is 330 g/mol. The van der Waals surface area contributed by atoms with E-state index in [1.807, 2.05) is 0 Å². The van der Waals surface area contributed by atoms with Crippen LogP contribution < -0.4 is 0 Å². The quantitative estimate of drug-likeness (QED) is 0.541. The summed E-state index contributed by atoms with van der Waals surface area (Å²) in [6.07, 6.45) is 4.95. The van der Waals surface area contributed by atoms with Gasteiger partial charge >= 0.3 is 8.80 Å². The number of ether oxygens (including phenoxy) is 1. The van der Waals surface area contributed by atoms with Gasteiger partial charge in [-0.05, 0) is 19.3 Å². The minimum absolute atomic E-state index is 0.197. The molecule has 22 heavy (non-hydrogen) atoms. The van der Waals surface area contributed by atoms with E-state index in [9.17, 15) is 14.4 Å². The summed E-state index contributed by atoms with van der Waals surface area (Å²) in [6, 6.07) is 0.197. The van der Waals surface area contributed by atoms with Crippen molar-refractivity contribution in [1.29, 1.82) is 0 Å². The maximum absolute atomic E-state index is 11.4. The fourth-order valence-corrected chi connectivity index (χ4v) is 5.60. The Kier molecular flexibility index (Phi) is 4.91. The third-order valence-electron chi connectivity index (χ3n) is 3.97. The summed E-state index contributed by atoms with van der Waals surface area (Å²) in [7, 11) is -3.72. The molecule has 0 aromatic carbocycles. The predicted molar refractivity (Wildman–Crippen MR) is 76.5 cm³/mol.